The van der Waals surface area contributed by atoms with Crippen molar-refractivity contribution < 1.29 is 19.4 Å². The lowest BCUT2D eigenvalue weighted by Gasteiger charge is -2.34. The maximum atomic E-state index is 12.3. The topological polar surface area (TPSA) is 75.6 Å². The molecule has 5 heteroatoms. The van der Waals surface area contributed by atoms with Gasteiger partial charge in [-0.05, 0) is 38.0 Å². The maximum Gasteiger partial charge on any atom is 0.329 e. The number of carbonyl (C=O) groups excluding carboxylic acids is 1. The molecule has 1 saturated carbocycles. The molecule has 0 aliphatic heterocycles. The molecule has 0 saturated heterocycles. The van der Waals surface area contributed by atoms with E-state index in [2.05, 4.69) is 5.32 Å². The third-order valence-electron chi connectivity index (χ3n) is 3.88. The van der Waals surface area contributed by atoms with E-state index in [0.29, 0.717) is 30.8 Å². The summed E-state index contributed by atoms with van der Waals surface area (Å²) in [5.74, 6) is -0.699. The number of ether oxygens (including phenoxy) is 1. The molecule has 2 rings (SSSR count). The number of carboxylic acids is 1. The van der Waals surface area contributed by atoms with Gasteiger partial charge in [0.05, 0.1) is 6.61 Å². The number of hydrogen-bond donors (Lipinski definition) is 2. The van der Waals surface area contributed by atoms with Gasteiger partial charge in [0.25, 0.3) is 5.91 Å². The molecule has 1 aliphatic carbocycles. The van der Waals surface area contributed by atoms with E-state index in [1.807, 2.05) is 6.92 Å². The third-order valence-corrected chi connectivity index (χ3v) is 3.88. The van der Waals surface area contributed by atoms with Crippen LogP contribution in [0.2, 0.25) is 0 Å². The summed E-state index contributed by atoms with van der Waals surface area (Å²) in [6, 6.07) is 6.80. The van der Waals surface area contributed by atoms with Crippen molar-refractivity contribution in [2.45, 2.75) is 44.6 Å². The zero-order valence-corrected chi connectivity index (χ0v) is 12.2. The molecule has 0 atom stereocenters. The SMILES string of the molecule is CCOc1cccc(C(=O)NC2(C(=O)O)CCCCC2)c1. The molecule has 0 spiro atoms. The van der Waals surface area contributed by atoms with E-state index in [9.17, 15) is 14.7 Å². The highest BCUT2D eigenvalue weighted by Gasteiger charge is 2.41. The number of benzene rings is 1. The molecule has 21 heavy (non-hydrogen) atoms. The molecule has 114 valence electrons. The highest BCUT2D eigenvalue weighted by Crippen LogP contribution is 2.29. The molecule has 0 radical (unpaired) electrons. The van der Waals surface area contributed by atoms with Gasteiger partial charge in [0.15, 0.2) is 0 Å². The first kappa shape index (κ1) is 15.4. The Bertz CT molecular complexity index is 521. The van der Waals surface area contributed by atoms with Gasteiger partial charge >= 0.3 is 5.97 Å². The van der Waals surface area contributed by atoms with Crippen LogP contribution in [0.15, 0.2) is 24.3 Å². The molecule has 0 aromatic heterocycles. The Balaban J connectivity index is 2.15. The Morgan fingerprint density at radius 2 is 2.00 bits per heavy atom. The van der Waals surface area contributed by atoms with Crippen molar-refractivity contribution in [1.82, 2.24) is 5.32 Å². The minimum atomic E-state index is -1.13. The number of aliphatic carboxylic acids is 1. The second-order valence-electron chi connectivity index (χ2n) is 5.36. The van der Waals surface area contributed by atoms with Crippen molar-refractivity contribution in [1.29, 1.82) is 0 Å². The maximum absolute atomic E-state index is 12.3. The Kier molecular flexibility index (Phi) is 4.83. The second kappa shape index (κ2) is 6.61. The van der Waals surface area contributed by atoms with Gasteiger partial charge in [-0.1, -0.05) is 25.3 Å². The second-order valence-corrected chi connectivity index (χ2v) is 5.36. The van der Waals surface area contributed by atoms with Crippen molar-refractivity contribution in [3.05, 3.63) is 29.8 Å². The zero-order valence-electron chi connectivity index (χ0n) is 12.2. The highest BCUT2D eigenvalue weighted by molar-refractivity contribution is 5.98. The molecule has 1 aliphatic rings. The summed E-state index contributed by atoms with van der Waals surface area (Å²) < 4.78 is 5.36. The smallest absolute Gasteiger partial charge is 0.329 e. The normalized spacial score (nSPS) is 17.0. The van der Waals surface area contributed by atoms with E-state index in [1.54, 1.807) is 24.3 Å². The Hall–Kier alpha value is -2.04. The average molecular weight is 291 g/mol. The number of hydrogen-bond acceptors (Lipinski definition) is 3. The Morgan fingerprint density at radius 1 is 1.29 bits per heavy atom. The van der Waals surface area contributed by atoms with E-state index in [1.165, 1.54) is 0 Å². The van der Waals surface area contributed by atoms with Crippen molar-refractivity contribution in [2.75, 3.05) is 6.61 Å². The monoisotopic (exact) mass is 291 g/mol. The van der Waals surface area contributed by atoms with Gasteiger partial charge in [0, 0.05) is 5.56 Å². The summed E-state index contributed by atoms with van der Waals surface area (Å²) in [5.41, 5.74) is -0.705. The molecule has 0 heterocycles. The Labute approximate surface area is 124 Å². The summed E-state index contributed by atoms with van der Waals surface area (Å²) in [5, 5.41) is 12.2. The summed E-state index contributed by atoms with van der Waals surface area (Å²) in [6.07, 6.45) is 3.64. The van der Waals surface area contributed by atoms with Gasteiger partial charge in [-0.25, -0.2) is 4.79 Å². The fourth-order valence-corrected chi connectivity index (χ4v) is 2.73. The van der Waals surface area contributed by atoms with Gasteiger partial charge in [-0.2, -0.15) is 0 Å². The van der Waals surface area contributed by atoms with Crippen LogP contribution in [-0.4, -0.2) is 29.1 Å². The van der Waals surface area contributed by atoms with Crippen molar-refractivity contribution in [2.24, 2.45) is 0 Å². The average Bonchev–Trinajstić information content (AvgIpc) is 2.48. The molecule has 1 aromatic rings. The van der Waals surface area contributed by atoms with Crippen LogP contribution in [0.5, 0.6) is 5.75 Å². The minimum Gasteiger partial charge on any atom is -0.494 e. The van der Waals surface area contributed by atoms with E-state index >= 15 is 0 Å². The number of carboxylic acid groups (broad SMARTS) is 1. The number of nitrogens with one attached hydrogen (secondary N) is 1. The van der Waals surface area contributed by atoms with Crippen LogP contribution in [0.3, 0.4) is 0 Å². The summed E-state index contributed by atoms with van der Waals surface area (Å²) in [6.45, 7) is 2.39. The highest BCUT2D eigenvalue weighted by atomic mass is 16.5. The Morgan fingerprint density at radius 3 is 2.62 bits per heavy atom. The lowest BCUT2D eigenvalue weighted by molar-refractivity contribution is -0.145. The molecular formula is C16H21NO4. The molecule has 2 N–H and O–H groups in total. The molecule has 0 bridgehead atoms. The number of carbonyl (C=O) groups is 2. The van der Waals surface area contributed by atoms with Crippen molar-refractivity contribution in [3.8, 4) is 5.75 Å². The van der Waals surface area contributed by atoms with Gasteiger partial charge < -0.3 is 15.2 Å². The third kappa shape index (κ3) is 3.54. The van der Waals surface area contributed by atoms with Crippen LogP contribution in [0.25, 0.3) is 0 Å². The van der Waals surface area contributed by atoms with Gasteiger partial charge in [-0.3, -0.25) is 4.79 Å². The van der Waals surface area contributed by atoms with Crippen molar-refractivity contribution in [3.63, 3.8) is 0 Å². The predicted molar refractivity (Wildman–Crippen MR) is 78.5 cm³/mol. The summed E-state index contributed by atoms with van der Waals surface area (Å²) in [7, 11) is 0. The molecule has 1 aromatic carbocycles. The van der Waals surface area contributed by atoms with Gasteiger partial charge in [0.2, 0.25) is 0 Å². The van der Waals surface area contributed by atoms with Crippen LogP contribution < -0.4 is 10.1 Å². The molecule has 1 fully saturated rings. The van der Waals surface area contributed by atoms with Gasteiger partial charge in [0.1, 0.15) is 11.3 Å². The molecular weight excluding hydrogens is 270 g/mol. The predicted octanol–water partition coefficient (Wildman–Crippen LogP) is 2.60. The van der Waals surface area contributed by atoms with Crippen LogP contribution in [0, 0.1) is 0 Å². The fraction of sp³-hybridized carbons (Fsp3) is 0.500. The van der Waals surface area contributed by atoms with Crippen LogP contribution in [-0.2, 0) is 4.79 Å². The van der Waals surface area contributed by atoms with Crippen LogP contribution in [0.1, 0.15) is 49.4 Å². The van der Waals surface area contributed by atoms with Crippen LogP contribution >= 0.6 is 0 Å². The first-order chi connectivity index (χ1) is 10.1. The minimum absolute atomic E-state index is 0.360. The number of amides is 1. The lowest BCUT2D eigenvalue weighted by Crippen LogP contribution is -2.55. The summed E-state index contributed by atoms with van der Waals surface area (Å²) in [4.78, 5) is 23.9. The van der Waals surface area contributed by atoms with E-state index in [-0.39, 0.29) is 5.91 Å². The zero-order chi connectivity index (χ0) is 15.3. The molecule has 1 amide bonds. The summed E-state index contributed by atoms with van der Waals surface area (Å²) >= 11 is 0. The van der Waals surface area contributed by atoms with Crippen LogP contribution in [0.4, 0.5) is 0 Å². The van der Waals surface area contributed by atoms with E-state index in [0.717, 1.165) is 19.3 Å². The van der Waals surface area contributed by atoms with Gasteiger partial charge in [-0.15, -0.1) is 0 Å². The lowest BCUT2D eigenvalue weighted by atomic mass is 9.81. The van der Waals surface area contributed by atoms with E-state index in [4.69, 9.17) is 4.74 Å². The number of rotatable bonds is 5. The first-order valence-electron chi connectivity index (χ1n) is 7.36. The first-order valence-corrected chi connectivity index (χ1v) is 7.36. The van der Waals surface area contributed by atoms with E-state index < -0.39 is 11.5 Å². The molecule has 0 unspecified atom stereocenters. The largest absolute Gasteiger partial charge is 0.494 e. The van der Waals surface area contributed by atoms with Crippen molar-refractivity contribution >= 4 is 11.9 Å². The standard InChI is InChI=1S/C16H21NO4/c1-2-21-13-8-6-7-12(11-13)14(18)17-16(15(19)20)9-4-3-5-10-16/h6-8,11H,2-5,9-10H2,1H3,(H,17,18)(H,19,20). The quantitative estimate of drug-likeness (QED) is 0.874. The fourth-order valence-electron chi connectivity index (χ4n) is 2.73. The molecule has 5 nitrogen and oxygen atoms in total.